The summed E-state index contributed by atoms with van der Waals surface area (Å²) in [4.78, 5) is 44.6. The van der Waals surface area contributed by atoms with Crippen LogP contribution in [0.3, 0.4) is 0 Å². The Morgan fingerprint density at radius 3 is 1.18 bits per heavy atom. The Kier molecular flexibility index (Phi) is 8.96. The number of fused-ring (bicyclic) bond motifs is 5. The summed E-state index contributed by atoms with van der Waals surface area (Å²) in [6, 6.07) is 6.12. The van der Waals surface area contributed by atoms with E-state index in [0.29, 0.717) is 44.3 Å². The molecular weight excluding hydrogens is 979 g/mol. The predicted octanol–water partition coefficient (Wildman–Crippen LogP) is 9.89. The highest BCUT2D eigenvalue weighted by Crippen LogP contribution is 2.59. The minimum absolute atomic E-state index is 0.591. The first-order valence-corrected chi connectivity index (χ1v) is 27.3. The zero-order chi connectivity index (χ0) is 56.2. The Labute approximate surface area is 456 Å². The van der Waals surface area contributed by atoms with Crippen molar-refractivity contribution in [3.8, 4) is 0 Å². The SMILES string of the molecule is C=c1cc2cc3cc(C)c(C)nc3nc2nc1=C.C=c1nc2nc3nc(C)c4c(=C)c(=C)c5c6c(C)c(=C)c7c(=C)nc8nc9nc(C)c(=C)c%10c%11c(C)c(=C)c%12c(c1=C)c2c1c3c4c5c2c3c6c7c8c(c9%10)c3c%11c%12c12.CC.CC. The number of aromatic nitrogens is 9. The molecule has 9 aromatic heterocycles. The van der Waals surface area contributed by atoms with Crippen molar-refractivity contribution < 1.29 is 0 Å². The zero-order valence-corrected chi connectivity index (χ0v) is 46.8. The van der Waals surface area contributed by atoms with E-state index in [1.54, 1.807) is 0 Å². The molecule has 80 heavy (non-hydrogen) atoms. The Bertz CT molecular complexity index is 6400. The molecule has 0 saturated heterocycles. The van der Waals surface area contributed by atoms with Gasteiger partial charge >= 0.3 is 0 Å². The van der Waals surface area contributed by atoms with Crippen LogP contribution in [0.4, 0.5) is 0 Å². The predicted molar refractivity (Wildman–Crippen MR) is 345 cm³/mol. The van der Waals surface area contributed by atoms with E-state index < -0.39 is 0 Å². The first-order valence-electron chi connectivity index (χ1n) is 27.3. The molecule has 0 amide bonds. The van der Waals surface area contributed by atoms with Gasteiger partial charge in [-0.1, -0.05) is 93.5 Å². The average Bonchev–Trinajstić information content (AvgIpc) is 1.41. The van der Waals surface area contributed by atoms with Gasteiger partial charge in [-0.25, -0.2) is 44.9 Å². The van der Waals surface area contributed by atoms with Gasteiger partial charge in [-0.2, -0.15) is 0 Å². The maximum Gasteiger partial charge on any atom is 0.163 e. The van der Waals surface area contributed by atoms with Gasteiger partial charge in [0.2, 0.25) is 0 Å². The largest absolute Gasteiger partial charge is 0.233 e. The van der Waals surface area contributed by atoms with Gasteiger partial charge in [-0.15, -0.1) is 0 Å². The lowest BCUT2D eigenvalue weighted by molar-refractivity contribution is 1.16. The van der Waals surface area contributed by atoms with E-state index in [9.17, 15) is 0 Å². The van der Waals surface area contributed by atoms with Crippen LogP contribution in [0.5, 0.6) is 0 Å². The summed E-state index contributed by atoms with van der Waals surface area (Å²) in [6.45, 7) is 66.0. The van der Waals surface area contributed by atoms with Crippen LogP contribution in [-0.4, -0.2) is 44.9 Å². The standard InChI is InChI=1S/C52H28N6.C15H13N3.2C2H6/c1-13-15(3)27-28-16(4)14(2)26-24(12)56-52-48-34(26)36(28)40-39-35(27)33-25(13)23(11)55-51-47(33)43-41(39)37-29(31-19(7)21(9)53-49(57-51)45(31)43)17(5)18(6)30-32-20(8)22(10)54-50(58-52)46(32)44(48)42(40)38(30)37;1-8-5-12-7-13-6-9(2)11(4)17-15(13)18-14(12)16-10(8)3;2*1-2/h1-3,5,7-9,12H2,4,6,10-11H3;5-7H,1,3H2,2,4H3;2*1-2H3. The topological polar surface area (TPSA) is 116 Å². The molecule has 382 valence electrons. The van der Waals surface area contributed by atoms with E-state index >= 15 is 0 Å². The minimum Gasteiger partial charge on any atom is -0.233 e. The van der Waals surface area contributed by atoms with E-state index in [-0.39, 0.29) is 0 Å². The van der Waals surface area contributed by atoms with E-state index in [1.807, 2.05) is 47.6 Å². The smallest absolute Gasteiger partial charge is 0.163 e. The Morgan fingerprint density at radius 1 is 0.237 bits per heavy atom. The monoisotopic (exact) mass is 1030 g/mol. The van der Waals surface area contributed by atoms with Crippen LogP contribution in [-0.2, 0) is 0 Å². The van der Waals surface area contributed by atoms with Crippen molar-refractivity contribution in [1.82, 2.24) is 44.9 Å². The van der Waals surface area contributed by atoms with Crippen molar-refractivity contribution in [2.45, 2.75) is 69.2 Å². The van der Waals surface area contributed by atoms with Crippen molar-refractivity contribution in [2.24, 2.45) is 0 Å². The molecule has 0 aliphatic heterocycles. The maximum atomic E-state index is 5.30. The molecule has 0 spiro atoms. The van der Waals surface area contributed by atoms with Gasteiger partial charge in [0, 0.05) is 119 Å². The summed E-state index contributed by atoms with van der Waals surface area (Å²) >= 11 is 0. The summed E-state index contributed by atoms with van der Waals surface area (Å²) in [5.74, 6) is 0. The lowest BCUT2D eigenvalue weighted by Gasteiger charge is -2.31. The molecule has 0 unspecified atom stereocenters. The molecule has 9 heteroatoms. The molecule has 0 aliphatic carbocycles. The fourth-order valence-corrected chi connectivity index (χ4v) is 14.5. The van der Waals surface area contributed by atoms with Crippen LogP contribution >= 0.6 is 0 Å². The maximum absolute atomic E-state index is 5.30. The van der Waals surface area contributed by atoms with Crippen molar-refractivity contribution in [3.05, 3.63) is 105 Å². The second kappa shape index (κ2) is 15.1. The summed E-state index contributed by atoms with van der Waals surface area (Å²) in [5, 5.41) is 36.3. The second-order valence-electron chi connectivity index (χ2n) is 21.7. The summed E-state index contributed by atoms with van der Waals surface area (Å²) < 4.78 is 0. The Hall–Kier alpha value is -9.73. The number of aryl methyl sites for hydroxylation is 6. The summed E-state index contributed by atoms with van der Waals surface area (Å²) in [6.07, 6.45) is 0. The fourth-order valence-electron chi connectivity index (χ4n) is 14.5. The number of hydrogen-bond donors (Lipinski definition) is 0. The van der Waals surface area contributed by atoms with Crippen LogP contribution in [0.15, 0.2) is 18.2 Å². The van der Waals surface area contributed by atoms with Crippen molar-refractivity contribution in [2.75, 3.05) is 0 Å². The highest BCUT2D eigenvalue weighted by atomic mass is 14.9. The molecule has 18 aromatic rings. The molecule has 0 saturated carbocycles. The first-order chi connectivity index (χ1) is 38.4. The molecular formula is C71H53N9. The van der Waals surface area contributed by atoms with Crippen molar-refractivity contribution >= 4 is 240 Å². The van der Waals surface area contributed by atoms with Gasteiger partial charge in [0.15, 0.2) is 33.9 Å². The van der Waals surface area contributed by atoms with Crippen LogP contribution in [0.2, 0.25) is 0 Å². The third-order valence-electron chi connectivity index (χ3n) is 18.1. The van der Waals surface area contributed by atoms with Gasteiger partial charge < -0.3 is 0 Å². The molecule has 9 nitrogen and oxygen atoms in total. The quantitative estimate of drug-likeness (QED) is 0.108. The molecule has 0 aliphatic rings. The normalized spacial score (nSPS) is 12.6. The summed E-state index contributed by atoms with van der Waals surface area (Å²) in [5.41, 5.74) is 10.0. The molecule has 18 rings (SSSR count). The third-order valence-corrected chi connectivity index (χ3v) is 18.1. The average molecular weight is 1030 g/mol. The molecule has 0 N–H and O–H groups in total. The van der Waals surface area contributed by atoms with E-state index in [4.69, 9.17) is 62.8 Å². The fraction of sp³-hybridized carbons (Fsp3) is 0.141. The molecule has 0 bridgehead atoms. The molecule has 0 radical (unpaired) electrons. The Morgan fingerprint density at radius 2 is 0.588 bits per heavy atom. The van der Waals surface area contributed by atoms with Gasteiger partial charge in [-0.05, 0) is 151 Å². The van der Waals surface area contributed by atoms with Gasteiger partial charge in [0.25, 0.3) is 0 Å². The lowest BCUT2D eigenvalue weighted by atomic mass is 9.72. The van der Waals surface area contributed by atoms with Crippen LogP contribution in [0, 0.1) is 41.5 Å². The van der Waals surface area contributed by atoms with Crippen LogP contribution in [0.1, 0.15) is 61.5 Å². The van der Waals surface area contributed by atoms with Crippen LogP contribution < -0.4 is 52.6 Å². The van der Waals surface area contributed by atoms with Gasteiger partial charge in [0.05, 0.1) is 16.0 Å². The lowest BCUT2D eigenvalue weighted by Crippen LogP contribution is -2.29. The van der Waals surface area contributed by atoms with Gasteiger partial charge in [0.1, 0.15) is 0 Å². The minimum atomic E-state index is 0.591. The number of benzene rings is 9. The number of nitrogens with zero attached hydrogens (tertiary/aromatic N) is 9. The Balaban J connectivity index is 0.000000213. The first kappa shape index (κ1) is 47.5. The number of hydrogen-bond acceptors (Lipinski definition) is 9. The number of rotatable bonds is 0. The summed E-state index contributed by atoms with van der Waals surface area (Å²) in [7, 11) is 0. The van der Waals surface area contributed by atoms with Crippen molar-refractivity contribution in [3.63, 3.8) is 0 Å². The number of pyridine rings is 9. The highest BCUT2D eigenvalue weighted by Gasteiger charge is 2.36. The third kappa shape index (κ3) is 5.09. The van der Waals surface area contributed by atoms with E-state index in [2.05, 4.69) is 87.7 Å². The van der Waals surface area contributed by atoms with Gasteiger partial charge in [-0.3, -0.25) is 0 Å². The molecule has 0 atom stereocenters. The van der Waals surface area contributed by atoms with Crippen molar-refractivity contribution in [1.29, 1.82) is 0 Å². The highest BCUT2D eigenvalue weighted by molar-refractivity contribution is 6.62. The van der Waals surface area contributed by atoms with E-state index in [0.717, 1.165) is 183 Å². The molecule has 9 heterocycles. The molecule has 9 aromatic carbocycles. The molecule has 0 fully saturated rings. The second-order valence-corrected chi connectivity index (χ2v) is 21.7. The zero-order valence-electron chi connectivity index (χ0n) is 46.8. The van der Waals surface area contributed by atoms with Crippen LogP contribution in [0.25, 0.3) is 240 Å². The van der Waals surface area contributed by atoms with E-state index in [1.165, 1.54) is 32.5 Å².